The number of benzene rings is 3. The maximum Gasteiger partial charge on any atom is 0.0715 e. The first-order chi connectivity index (χ1) is 19.3. The normalized spacial score (nSPS) is 12.3. The largest absolute Gasteiger partial charge is 0.381 e. The molecule has 0 aliphatic heterocycles. The lowest BCUT2D eigenvalue weighted by atomic mass is 9.92. The molecular weight excluding hydrogens is 486 g/mol. The molecule has 0 unspecified atom stereocenters. The molecule has 0 spiro atoms. The van der Waals surface area contributed by atoms with Gasteiger partial charge in [0.15, 0.2) is 0 Å². The Kier molecular flexibility index (Phi) is 9.60. The van der Waals surface area contributed by atoms with Crippen LogP contribution in [0.15, 0.2) is 109 Å². The fraction of sp³-hybridized carbons (Fsp3) is 0.270. The number of pyridine rings is 1. The summed E-state index contributed by atoms with van der Waals surface area (Å²) in [6.45, 7) is 18.5. The fourth-order valence-electron chi connectivity index (χ4n) is 5.21. The first-order valence-electron chi connectivity index (χ1n) is 14.4. The van der Waals surface area contributed by atoms with Gasteiger partial charge in [0, 0.05) is 23.5 Å². The Bertz CT molecular complexity index is 1510. The first kappa shape index (κ1) is 28.9. The smallest absolute Gasteiger partial charge is 0.0715 e. The van der Waals surface area contributed by atoms with Crippen LogP contribution in [0, 0.1) is 0 Å². The third kappa shape index (κ3) is 6.54. The Labute approximate surface area is 240 Å². The van der Waals surface area contributed by atoms with Crippen molar-refractivity contribution in [1.29, 1.82) is 0 Å². The average Bonchev–Trinajstić information content (AvgIpc) is 2.97. The van der Waals surface area contributed by atoms with Crippen LogP contribution in [0.5, 0.6) is 0 Å². The van der Waals surface area contributed by atoms with Gasteiger partial charge in [-0.3, -0.25) is 4.98 Å². The molecular formula is C37H43N3. The van der Waals surface area contributed by atoms with Gasteiger partial charge in [-0.25, -0.2) is 0 Å². The van der Waals surface area contributed by atoms with Gasteiger partial charge >= 0.3 is 0 Å². The van der Waals surface area contributed by atoms with Gasteiger partial charge in [-0.15, -0.1) is 0 Å². The molecule has 0 fully saturated rings. The summed E-state index contributed by atoms with van der Waals surface area (Å²) in [5.74, 6) is 0.884. The molecule has 0 bridgehead atoms. The van der Waals surface area contributed by atoms with Gasteiger partial charge in [0.25, 0.3) is 0 Å². The van der Waals surface area contributed by atoms with Crippen LogP contribution in [-0.2, 0) is 13.1 Å². The summed E-state index contributed by atoms with van der Waals surface area (Å²) in [6, 6.07) is 26.0. The van der Waals surface area contributed by atoms with Crippen molar-refractivity contribution < 1.29 is 0 Å². The average molecular weight is 530 g/mol. The van der Waals surface area contributed by atoms with Crippen molar-refractivity contribution in [3.05, 3.63) is 131 Å². The molecule has 0 atom stereocenters. The second-order valence-corrected chi connectivity index (χ2v) is 11.0. The third-order valence-electron chi connectivity index (χ3n) is 7.51. The van der Waals surface area contributed by atoms with E-state index in [-0.39, 0.29) is 0 Å². The zero-order valence-electron chi connectivity index (χ0n) is 24.9. The molecule has 4 rings (SSSR count). The highest BCUT2D eigenvalue weighted by molar-refractivity contribution is 5.97. The Morgan fingerprint density at radius 2 is 1.55 bits per heavy atom. The molecule has 1 heterocycles. The molecule has 1 aromatic heterocycles. The predicted molar refractivity (Wildman–Crippen MR) is 174 cm³/mol. The second-order valence-electron chi connectivity index (χ2n) is 11.0. The number of nitrogens with zero attached hydrogens (tertiary/aromatic N) is 1. The topological polar surface area (TPSA) is 37.0 Å². The number of nitrogens with one attached hydrogen (secondary N) is 2. The zero-order valence-corrected chi connectivity index (χ0v) is 24.9. The summed E-state index contributed by atoms with van der Waals surface area (Å²) in [5.41, 5.74) is 10.6. The number of rotatable bonds is 11. The SMILES string of the molecule is C=C/C=C(NCc1ccc2ccccc2c1-c1cccc(CNc2c(C(C)C)cccc2C(C)C)n1)\C(C)=C/C. The van der Waals surface area contributed by atoms with Gasteiger partial charge in [-0.2, -0.15) is 0 Å². The van der Waals surface area contributed by atoms with Crippen LogP contribution in [0.2, 0.25) is 0 Å². The molecule has 4 aromatic rings. The van der Waals surface area contributed by atoms with E-state index in [2.05, 4.69) is 138 Å². The minimum absolute atomic E-state index is 0.442. The van der Waals surface area contributed by atoms with Gasteiger partial charge in [-0.1, -0.05) is 107 Å². The highest BCUT2D eigenvalue weighted by Gasteiger charge is 2.15. The molecule has 40 heavy (non-hydrogen) atoms. The van der Waals surface area contributed by atoms with E-state index in [4.69, 9.17) is 4.98 Å². The lowest BCUT2D eigenvalue weighted by Crippen LogP contribution is -2.15. The lowest BCUT2D eigenvalue weighted by Gasteiger charge is -2.21. The van der Waals surface area contributed by atoms with Crippen LogP contribution in [0.1, 0.15) is 75.8 Å². The molecule has 0 saturated carbocycles. The van der Waals surface area contributed by atoms with Gasteiger partial charge in [0.05, 0.1) is 17.9 Å². The van der Waals surface area contributed by atoms with Gasteiger partial charge in [0.2, 0.25) is 0 Å². The van der Waals surface area contributed by atoms with Crippen molar-refractivity contribution in [2.45, 2.75) is 66.5 Å². The van der Waals surface area contributed by atoms with Crippen molar-refractivity contribution in [2.24, 2.45) is 0 Å². The molecule has 0 saturated heterocycles. The van der Waals surface area contributed by atoms with Crippen LogP contribution < -0.4 is 10.6 Å². The molecule has 0 aliphatic rings. The van der Waals surface area contributed by atoms with Gasteiger partial charge < -0.3 is 10.6 Å². The molecule has 0 amide bonds. The molecule has 0 aliphatic carbocycles. The number of hydrogen-bond donors (Lipinski definition) is 2. The van der Waals surface area contributed by atoms with E-state index in [1.54, 1.807) is 0 Å². The van der Waals surface area contributed by atoms with Crippen molar-refractivity contribution in [3.63, 3.8) is 0 Å². The van der Waals surface area contributed by atoms with E-state index in [0.717, 1.165) is 17.1 Å². The minimum Gasteiger partial charge on any atom is -0.381 e. The van der Waals surface area contributed by atoms with Crippen molar-refractivity contribution in [1.82, 2.24) is 10.3 Å². The van der Waals surface area contributed by atoms with E-state index < -0.39 is 0 Å². The van der Waals surface area contributed by atoms with Crippen molar-refractivity contribution in [3.8, 4) is 11.3 Å². The molecule has 206 valence electrons. The quantitative estimate of drug-likeness (QED) is 0.190. The first-order valence-corrected chi connectivity index (χ1v) is 14.4. The molecule has 2 N–H and O–H groups in total. The zero-order chi connectivity index (χ0) is 28.6. The maximum atomic E-state index is 5.20. The summed E-state index contributed by atoms with van der Waals surface area (Å²) in [5, 5.41) is 9.83. The van der Waals surface area contributed by atoms with Crippen LogP contribution in [0.4, 0.5) is 5.69 Å². The molecule has 3 nitrogen and oxygen atoms in total. The summed E-state index contributed by atoms with van der Waals surface area (Å²) in [6.07, 6.45) is 5.97. The number of fused-ring (bicyclic) bond motifs is 1. The number of aromatic nitrogens is 1. The Hall–Kier alpha value is -4.11. The van der Waals surface area contributed by atoms with E-state index in [1.165, 1.54) is 44.3 Å². The summed E-state index contributed by atoms with van der Waals surface area (Å²) in [7, 11) is 0. The van der Waals surface area contributed by atoms with Gasteiger partial charge in [0.1, 0.15) is 0 Å². The van der Waals surface area contributed by atoms with Crippen LogP contribution in [0.3, 0.4) is 0 Å². The maximum absolute atomic E-state index is 5.20. The third-order valence-corrected chi connectivity index (χ3v) is 7.51. The fourth-order valence-corrected chi connectivity index (χ4v) is 5.21. The summed E-state index contributed by atoms with van der Waals surface area (Å²) < 4.78 is 0. The van der Waals surface area contributed by atoms with Crippen LogP contribution >= 0.6 is 0 Å². The minimum atomic E-state index is 0.442. The van der Waals surface area contributed by atoms with E-state index >= 15 is 0 Å². The van der Waals surface area contributed by atoms with Crippen LogP contribution in [0.25, 0.3) is 22.0 Å². The molecule has 0 radical (unpaired) electrons. The van der Waals surface area contributed by atoms with E-state index in [0.29, 0.717) is 24.9 Å². The van der Waals surface area contributed by atoms with Gasteiger partial charge in [-0.05, 0) is 76.9 Å². The summed E-state index contributed by atoms with van der Waals surface area (Å²) >= 11 is 0. The van der Waals surface area contributed by atoms with E-state index in [1.807, 2.05) is 12.2 Å². The Morgan fingerprint density at radius 1 is 0.850 bits per heavy atom. The molecule has 3 heteroatoms. The predicted octanol–water partition coefficient (Wildman–Crippen LogP) is 9.89. The standard InChI is InChI=1S/C37H43N3/c1-8-14-34(27(7)9-2)38-23-29-22-21-28-15-10-11-17-33(28)36(29)35-20-12-16-30(40-35)24-39-37-31(25(3)4)18-13-19-32(37)26(5)6/h8-22,25-26,38-39H,1,23-24H2,2-7H3/b27-9-,34-14+. The lowest BCUT2D eigenvalue weighted by molar-refractivity contribution is 0.820. The highest BCUT2D eigenvalue weighted by Crippen LogP contribution is 2.34. The van der Waals surface area contributed by atoms with Crippen molar-refractivity contribution >= 4 is 16.5 Å². The second kappa shape index (κ2) is 13.3. The Balaban J connectivity index is 1.71. The summed E-state index contributed by atoms with van der Waals surface area (Å²) in [4.78, 5) is 5.20. The Morgan fingerprint density at radius 3 is 2.23 bits per heavy atom. The van der Waals surface area contributed by atoms with E-state index in [9.17, 15) is 0 Å². The highest BCUT2D eigenvalue weighted by atomic mass is 14.9. The molecule has 3 aromatic carbocycles. The van der Waals surface area contributed by atoms with Crippen LogP contribution in [-0.4, -0.2) is 4.98 Å². The number of allylic oxidation sites excluding steroid dienone is 4. The number of hydrogen-bond acceptors (Lipinski definition) is 3. The van der Waals surface area contributed by atoms with Crippen molar-refractivity contribution in [2.75, 3.05) is 5.32 Å². The number of para-hydroxylation sites is 1. The monoisotopic (exact) mass is 529 g/mol. The number of anilines is 1.